The average Bonchev–Trinajstić information content (AvgIpc) is 2.35. The molecule has 1 heterocycles. The lowest BCUT2D eigenvalue weighted by atomic mass is 10.1. The molecule has 1 amide bonds. The van der Waals surface area contributed by atoms with Crippen molar-refractivity contribution in [3.05, 3.63) is 29.8 Å². The first-order valence-electron chi connectivity index (χ1n) is 6.37. The normalized spacial score (nSPS) is 24.0. The molecule has 1 aliphatic rings. The van der Waals surface area contributed by atoms with Crippen LogP contribution in [-0.2, 0) is 11.2 Å². The number of amides is 1. The largest absolute Gasteiger partial charge is 0.508 e. The number of nitrogens with zero attached hydrogens (tertiary/aromatic N) is 1. The summed E-state index contributed by atoms with van der Waals surface area (Å²) < 4.78 is 0. The van der Waals surface area contributed by atoms with Crippen LogP contribution >= 0.6 is 0 Å². The lowest BCUT2D eigenvalue weighted by Crippen LogP contribution is -2.56. The predicted molar refractivity (Wildman–Crippen MR) is 70.5 cm³/mol. The lowest BCUT2D eigenvalue weighted by Gasteiger charge is -2.37. The van der Waals surface area contributed by atoms with Gasteiger partial charge in [-0.2, -0.15) is 0 Å². The van der Waals surface area contributed by atoms with Crippen LogP contribution in [-0.4, -0.2) is 41.1 Å². The van der Waals surface area contributed by atoms with Crippen molar-refractivity contribution in [3.63, 3.8) is 0 Å². The van der Waals surface area contributed by atoms with Crippen LogP contribution in [0.25, 0.3) is 0 Å². The van der Waals surface area contributed by atoms with Gasteiger partial charge in [0.1, 0.15) is 5.75 Å². The number of benzene rings is 1. The number of aromatic hydroxyl groups is 1. The molecule has 1 aromatic carbocycles. The first-order valence-corrected chi connectivity index (χ1v) is 6.37. The fraction of sp³-hybridized carbons (Fsp3) is 0.500. The van der Waals surface area contributed by atoms with Gasteiger partial charge >= 0.3 is 0 Å². The molecular weight excluding hydrogens is 228 g/mol. The maximum absolute atomic E-state index is 12.2. The highest BCUT2D eigenvalue weighted by molar-refractivity contribution is 5.79. The summed E-state index contributed by atoms with van der Waals surface area (Å²) in [6.45, 7) is 5.76. The summed E-state index contributed by atoms with van der Waals surface area (Å²) in [6.07, 6.45) is 0.400. The quantitative estimate of drug-likeness (QED) is 0.825. The van der Waals surface area contributed by atoms with E-state index < -0.39 is 0 Å². The van der Waals surface area contributed by atoms with Crippen molar-refractivity contribution >= 4 is 5.91 Å². The zero-order valence-electron chi connectivity index (χ0n) is 10.9. The number of piperazine rings is 1. The summed E-state index contributed by atoms with van der Waals surface area (Å²) in [5.74, 6) is 0.386. The number of hydrogen-bond acceptors (Lipinski definition) is 3. The minimum atomic E-state index is 0.154. The molecule has 0 aromatic heterocycles. The van der Waals surface area contributed by atoms with Crippen LogP contribution in [0.4, 0.5) is 0 Å². The molecule has 1 fully saturated rings. The fourth-order valence-electron chi connectivity index (χ4n) is 2.26. The number of carbonyl (C=O) groups is 1. The molecule has 98 valence electrons. The van der Waals surface area contributed by atoms with E-state index in [4.69, 9.17) is 0 Å². The van der Waals surface area contributed by atoms with Gasteiger partial charge < -0.3 is 15.3 Å². The van der Waals surface area contributed by atoms with Crippen molar-refractivity contribution in [1.82, 2.24) is 10.2 Å². The third kappa shape index (κ3) is 3.01. The number of rotatable bonds is 2. The Morgan fingerprint density at radius 3 is 2.72 bits per heavy atom. The topological polar surface area (TPSA) is 52.6 Å². The van der Waals surface area contributed by atoms with Gasteiger partial charge in [-0.1, -0.05) is 12.1 Å². The van der Waals surface area contributed by atoms with E-state index in [1.54, 1.807) is 24.3 Å². The molecular formula is C14H20N2O2. The number of phenolic OH excluding ortho intramolecular Hbond substituents is 1. The number of carbonyl (C=O) groups excluding carboxylic acids is 1. The molecule has 18 heavy (non-hydrogen) atoms. The summed E-state index contributed by atoms with van der Waals surface area (Å²) in [4.78, 5) is 14.2. The summed E-state index contributed by atoms with van der Waals surface area (Å²) in [6, 6.07) is 7.42. The van der Waals surface area contributed by atoms with Gasteiger partial charge in [0, 0.05) is 25.2 Å². The second-order valence-electron chi connectivity index (χ2n) is 5.05. The van der Waals surface area contributed by atoms with Crippen molar-refractivity contribution in [2.24, 2.45) is 0 Å². The highest BCUT2D eigenvalue weighted by Crippen LogP contribution is 2.13. The third-order valence-corrected chi connectivity index (χ3v) is 3.38. The van der Waals surface area contributed by atoms with Crippen molar-refractivity contribution in [2.45, 2.75) is 32.4 Å². The molecule has 2 unspecified atom stereocenters. The lowest BCUT2D eigenvalue weighted by molar-refractivity contribution is -0.133. The van der Waals surface area contributed by atoms with Crippen LogP contribution in [0.5, 0.6) is 5.75 Å². The zero-order valence-corrected chi connectivity index (χ0v) is 10.9. The number of phenols is 1. The second kappa shape index (κ2) is 5.40. The highest BCUT2D eigenvalue weighted by atomic mass is 16.3. The van der Waals surface area contributed by atoms with Gasteiger partial charge in [0.25, 0.3) is 0 Å². The Bertz CT molecular complexity index is 416. The van der Waals surface area contributed by atoms with E-state index in [9.17, 15) is 9.90 Å². The summed E-state index contributed by atoms with van der Waals surface area (Å²) in [5.41, 5.74) is 0.941. The highest BCUT2D eigenvalue weighted by Gasteiger charge is 2.26. The predicted octanol–water partition coefficient (Wildman–Crippen LogP) is 1.14. The standard InChI is InChI=1S/C14H20N2O2/c1-10-9-16(11(2)8-15-10)14(18)7-12-3-5-13(17)6-4-12/h3-6,10-11,15,17H,7-9H2,1-2H3. The molecule has 4 heteroatoms. The van der Waals surface area contributed by atoms with Crippen LogP contribution in [0.2, 0.25) is 0 Å². The molecule has 0 saturated carbocycles. The van der Waals surface area contributed by atoms with Gasteiger partial charge in [-0.05, 0) is 31.5 Å². The summed E-state index contributed by atoms with van der Waals surface area (Å²) >= 11 is 0. The molecule has 2 atom stereocenters. The minimum Gasteiger partial charge on any atom is -0.508 e. The Balaban J connectivity index is 2.00. The molecule has 0 bridgehead atoms. The van der Waals surface area contributed by atoms with Gasteiger partial charge in [0.15, 0.2) is 0 Å². The molecule has 1 saturated heterocycles. The second-order valence-corrected chi connectivity index (χ2v) is 5.05. The van der Waals surface area contributed by atoms with E-state index in [1.807, 2.05) is 4.90 Å². The minimum absolute atomic E-state index is 0.154. The van der Waals surface area contributed by atoms with E-state index >= 15 is 0 Å². The van der Waals surface area contributed by atoms with Crippen molar-refractivity contribution < 1.29 is 9.90 Å². The van der Waals surface area contributed by atoms with Crippen molar-refractivity contribution in [3.8, 4) is 5.75 Å². The molecule has 1 aliphatic heterocycles. The zero-order chi connectivity index (χ0) is 13.1. The monoisotopic (exact) mass is 248 g/mol. The molecule has 1 aromatic rings. The smallest absolute Gasteiger partial charge is 0.227 e. The molecule has 0 spiro atoms. The Kier molecular flexibility index (Phi) is 3.87. The van der Waals surface area contributed by atoms with E-state index in [0.29, 0.717) is 12.5 Å². The van der Waals surface area contributed by atoms with Crippen LogP contribution in [0.1, 0.15) is 19.4 Å². The van der Waals surface area contributed by atoms with Crippen LogP contribution in [0.15, 0.2) is 24.3 Å². The van der Waals surface area contributed by atoms with Crippen molar-refractivity contribution in [2.75, 3.05) is 13.1 Å². The van der Waals surface area contributed by atoms with Gasteiger partial charge in [0.2, 0.25) is 5.91 Å². The first kappa shape index (κ1) is 12.9. The summed E-state index contributed by atoms with van der Waals surface area (Å²) in [7, 11) is 0. The fourth-order valence-corrected chi connectivity index (χ4v) is 2.26. The Hall–Kier alpha value is -1.55. The van der Waals surface area contributed by atoms with Crippen molar-refractivity contribution in [1.29, 1.82) is 0 Å². The van der Waals surface area contributed by atoms with Gasteiger partial charge in [-0.15, -0.1) is 0 Å². The van der Waals surface area contributed by atoms with E-state index in [1.165, 1.54) is 0 Å². The van der Waals surface area contributed by atoms with Gasteiger partial charge in [-0.25, -0.2) is 0 Å². The van der Waals surface area contributed by atoms with Crippen LogP contribution < -0.4 is 5.32 Å². The maximum atomic E-state index is 12.2. The van der Waals surface area contributed by atoms with Gasteiger partial charge in [0.05, 0.1) is 6.42 Å². The number of hydrogen-bond donors (Lipinski definition) is 2. The Labute approximate surface area is 108 Å². The molecule has 4 nitrogen and oxygen atoms in total. The maximum Gasteiger partial charge on any atom is 0.227 e. The average molecular weight is 248 g/mol. The summed E-state index contributed by atoms with van der Waals surface area (Å²) in [5, 5.41) is 12.6. The molecule has 2 rings (SSSR count). The van der Waals surface area contributed by atoms with Crippen LogP contribution in [0.3, 0.4) is 0 Å². The molecule has 0 radical (unpaired) electrons. The third-order valence-electron chi connectivity index (χ3n) is 3.38. The SMILES string of the molecule is CC1CN(C(=O)Cc2ccc(O)cc2)C(C)CN1. The Morgan fingerprint density at radius 1 is 1.39 bits per heavy atom. The first-order chi connectivity index (χ1) is 8.56. The van der Waals surface area contributed by atoms with E-state index in [0.717, 1.165) is 18.7 Å². The number of nitrogens with one attached hydrogen (secondary N) is 1. The Morgan fingerprint density at radius 2 is 2.06 bits per heavy atom. The van der Waals surface area contributed by atoms with Gasteiger partial charge in [-0.3, -0.25) is 4.79 Å². The van der Waals surface area contributed by atoms with Crippen LogP contribution in [0, 0.1) is 0 Å². The molecule has 0 aliphatic carbocycles. The van der Waals surface area contributed by atoms with E-state index in [-0.39, 0.29) is 17.7 Å². The van der Waals surface area contributed by atoms with E-state index in [2.05, 4.69) is 19.2 Å². The molecule has 2 N–H and O–H groups in total.